The maximum absolute atomic E-state index is 12.3. The Bertz CT molecular complexity index is 493. The van der Waals surface area contributed by atoms with Crippen molar-refractivity contribution in [2.45, 2.75) is 70.0 Å². The second-order valence-corrected chi connectivity index (χ2v) is 8.43. The molecule has 0 saturated heterocycles. The molecule has 0 aromatic heterocycles. The lowest BCUT2D eigenvalue weighted by Gasteiger charge is -2.45. The van der Waals surface area contributed by atoms with Gasteiger partial charge in [0.05, 0.1) is 6.54 Å². The van der Waals surface area contributed by atoms with E-state index in [1.54, 1.807) is 0 Å². The molecule has 0 bridgehead atoms. The Balaban J connectivity index is 1.75. The molecular formula is C19H36N4O3. The highest BCUT2D eigenvalue weighted by Gasteiger charge is 2.38. The zero-order chi connectivity index (χ0) is 19.3. The average molecular weight is 369 g/mol. The minimum atomic E-state index is -0.795. The first-order valence-electron chi connectivity index (χ1n) is 9.93. The van der Waals surface area contributed by atoms with E-state index in [1.165, 1.54) is 12.8 Å². The van der Waals surface area contributed by atoms with Crippen LogP contribution in [0.4, 0.5) is 4.79 Å². The molecule has 2 rings (SSSR count). The topological polar surface area (TPSA) is 84.9 Å². The summed E-state index contributed by atoms with van der Waals surface area (Å²) in [6.45, 7) is 5.74. The van der Waals surface area contributed by atoms with Crippen LogP contribution in [0.3, 0.4) is 0 Å². The average Bonchev–Trinajstić information content (AvgIpc) is 2.53. The molecule has 150 valence electrons. The SMILES string of the molecule is CCN(CC(=O)O)C1CC(NC(=O)NCC2(N(C)C)CCCC(C)C2)C1. The molecule has 2 atom stereocenters. The van der Waals surface area contributed by atoms with E-state index < -0.39 is 5.97 Å². The van der Waals surface area contributed by atoms with Crippen LogP contribution in [0.5, 0.6) is 0 Å². The maximum Gasteiger partial charge on any atom is 0.317 e. The molecule has 0 aliphatic heterocycles. The number of rotatable bonds is 8. The molecule has 2 saturated carbocycles. The lowest BCUT2D eigenvalue weighted by atomic mass is 9.75. The number of carboxylic acid groups (broad SMARTS) is 1. The molecule has 7 nitrogen and oxygen atoms in total. The van der Waals surface area contributed by atoms with E-state index in [4.69, 9.17) is 5.11 Å². The molecule has 3 N–H and O–H groups in total. The first-order valence-corrected chi connectivity index (χ1v) is 9.93. The van der Waals surface area contributed by atoms with Gasteiger partial charge in [-0.1, -0.05) is 26.7 Å². The number of hydrogen-bond acceptors (Lipinski definition) is 4. The van der Waals surface area contributed by atoms with Crippen molar-refractivity contribution in [2.24, 2.45) is 5.92 Å². The Hall–Kier alpha value is -1.34. The Kier molecular flexibility index (Phi) is 7.29. The summed E-state index contributed by atoms with van der Waals surface area (Å²) in [6.07, 6.45) is 6.37. The van der Waals surface area contributed by atoms with Crippen molar-refractivity contribution in [1.29, 1.82) is 0 Å². The van der Waals surface area contributed by atoms with Gasteiger partial charge in [-0.05, 0) is 52.2 Å². The van der Waals surface area contributed by atoms with Crippen LogP contribution in [0.1, 0.15) is 52.4 Å². The molecule has 0 spiro atoms. The zero-order valence-corrected chi connectivity index (χ0v) is 16.8. The molecule has 2 unspecified atom stereocenters. The number of carbonyl (C=O) groups excluding carboxylic acids is 1. The number of amides is 2. The summed E-state index contributed by atoms with van der Waals surface area (Å²) in [5.74, 6) is -0.102. The third kappa shape index (κ3) is 5.33. The van der Waals surface area contributed by atoms with Gasteiger partial charge in [-0.2, -0.15) is 0 Å². The van der Waals surface area contributed by atoms with Crippen LogP contribution in [-0.2, 0) is 4.79 Å². The van der Waals surface area contributed by atoms with Crippen LogP contribution < -0.4 is 10.6 Å². The summed E-state index contributed by atoms with van der Waals surface area (Å²) in [7, 11) is 4.21. The number of nitrogens with zero attached hydrogens (tertiary/aromatic N) is 2. The third-order valence-corrected chi connectivity index (χ3v) is 6.30. The number of aliphatic carboxylic acids is 1. The van der Waals surface area contributed by atoms with E-state index in [9.17, 15) is 9.59 Å². The minimum Gasteiger partial charge on any atom is -0.480 e. The van der Waals surface area contributed by atoms with Gasteiger partial charge in [-0.3, -0.25) is 9.69 Å². The van der Waals surface area contributed by atoms with Crippen molar-refractivity contribution in [3.05, 3.63) is 0 Å². The predicted molar refractivity (Wildman–Crippen MR) is 102 cm³/mol. The maximum atomic E-state index is 12.3. The van der Waals surface area contributed by atoms with Gasteiger partial charge < -0.3 is 20.6 Å². The van der Waals surface area contributed by atoms with Crippen molar-refractivity contribution in [2.75, 3.05) is 33.7 Å². The largest absolute Gasteiger partial charge is 0.480 e. The van der Waals surface area contributed by atoms with Crippen LogP contribution >= 0.6 is 0 Å². The predicted octanol–water partition coefficient (Wildman–Crippen LogP) is 1.73. The summed E-state index contributed by atoms with van der Waals surface area (Å²) in [5, 5.41) is 15.1. The molecule has 0 aromatic rings. The van der Waals surface area contributed by atoms with Crippen molar-refractivity contribution >= 4 is 12.0 Å². The number of likely N-dealkylation sites (N-methyl/N-ethyl adjacent to an activating group) is 2. The molecule has 7 heteroatoms. The second-order valence-electron chi connectivity index (χ2n) is 8.43. The number of carboxylic acids is 1. The first kappa shape index (κ1) is 21.0. The summed E-state index contributed by atoms with van der Waals surface area (Å²) < 4.78 is 0. The number of carbonyl (C=O) groups is 2. The molecule has 2 aliphatic rings. The molecule has 0 heterocycles. The van der Waals surface area contributed by atoms with Crippen molar-refractivity contribution < 1.29 is 14.7 Å². The highest BCUT2D eigenvalue weighted by Crippen LogP contribution is 2.35. The Labute approximate surface area is 157 Å². The normalized spacial score (nSPS) is 31.5. The Morgan fingerprint density at radius 3 is 2.50 bits per heavy atom. The van der Waals surface area contributed by atoms with Gasteiger partial charge in [0.1, 0.15) is 0 Å². The summed E-state index contributed by atoms with van der Waals surface area (Å²) in [5.41, 5.74) is 0.0532. The fourth-order valence-corrected chi connectivity index (χ4v) is 4.52. The molecule has 26 heavy (non-hydrogen) atoms. The van der Waals surface area contributed by atoms with E-state index in [0.717, 1.165) is 32.2 Å². The van der Waals surface area contributed by atoms with Crippen LogP contribution in [0.2, 0.25) is 0 Å². The van der Waals surface area contributed by atoms with Gasteiger partial charge in [0.25, 0.3) is 0 Å². The number of hydrogen-bond donors (Lipinski definition) is 3. The fraction of sp³-hybridized carbons (Fsp3) is 0.895. The summed E-state index contributed by atoms with van der Waals surface area (Å²) in [4.78, 5) is 27.4. The monoisotopic (exact) mass is 368 g/mol. The van der Waals surface area contributed by atoms with Gasteiger partial charge in [-0.25, -0.2) is 4.79 Å². The van der Waals surface area contributed by atoms with Crippen molar-refractivity contribution in [1.82, 2.24) is 20.4 Å². The molecule has 2 aliphatic carbocycles. The lowest BCUT2D eigenvalue weighted by Crippen LogP contribution is -2.59. The van der Waals surface area contributed by atoms with E-state index in [0.29, 0.717) is 12.5 Å². The van der Waals surface area contributed by atoms with E-state index in [-0.39, 0.29) is 30.2 Å². The number of urea groups is 1. The molecule has 0 aromatic carbocycles. The minimum absolute atomic E-state index is 0.0532. The van der Waals surface area contributed by atoms with Crippen molar-refractivity contribution in [3.63, 3.8) is 0 Å². The fourth-order valence-electron chi connectivity index (χ4n) is 4.52. The zero-order valence-electron chi connectivity index (χ0n) is 16.8. The quantitative estimate of drug-likeness (QED) is 0.608. The van der Waals surface area contributed by atoms with Crippen LogP contribution in [0.25, 0.3) is 0 Å². The summed E-state index contributed by atoms with van der Waals surface area (Å²) in [6, 6.07) is 0.298. The van der Waals surface area contributed by atoms with Crippen LogP contribution in [0.15, 0.2) is 0 Å². The smallest absolute Gasteiger partial charge is 0.317 e. The molecule has 2 amide bonds. The molecule has 2 fully saturated rings. The van der Waals surface area contributed by atoms with E-state index >= 15 is 0 Å². The van der Waals surface area contributed by atoms with Crippen LogP contribution in [0, 0.1) is 5.92 Å². The third-order valence-electron chi connectivity index (χ3n) is 6.30. The van der Waals surface area contributed by atoms with Crippen molar-refractivity contribution in [3.8, 4) is 0 Å². The first-order chi connectivity index (χ1) is 12.3. The van der Waals surface area contributed by atoms with Gasteiger partial charge >= 0.3 is 12.0 Å². The Morgan fingerprint density at radius 1 is 1.27 bits per heavy atom. The highest BCUT2D eigenvalue weighted by atomic mass is 16.4. The summed E-state index contributed by atoms with van der Waals surface area (Å²) >= 11 is 0. The molecular weight excluding hydrogens is 332 g/mol. The van der Waals surface area contributed by atoms with Gasteiger partial charge in [0.2, 0.25) is 0 Å². The van der Waals surface area contributed by atoms with Gasteiger partial charge in [0.15, 0.2) is 0 Å². The highest BCUT2D eigenvalue weighted by molar-refractivity contribution is 5.74. The van der Waals surface area contributed by atoms with E-state index in [1.807, 2.05) is 11.8 Å². The molecule has 0 radical (unpaired) electrons. The van der Waals surface area contributed by atoms with Crippen LogP contribution in [-0.4, -0.2) is 78.3 Å². The number of nitrogens with one attached hydrogen (secondary N) is 2. The van der Waals surface area contributed by atoms with Gasteiger partial charge in [-0.15, -0.1) is 0 Å². The Morgan fingerprint density at radius 2 is 1.96 bits per heavy atom. The lowest BCUT2D eigenvalue weighted by molar-refractivity contribution is -0.139. The standard InChI is InChI=1S/C19H36N4O3/c1-5-23(12-17(24)25)16-9-15(10-16)21-18(26)20-13-19(22(3)4)8-6-7-14(2)11-19/h14-16H,5-13H2,1-4H3,(H,24,25)(H2,20,21,26). The van der Waals surface area contributed by atoms with Gasteiger partial charge in [0, 0.05) is 24.2 Å². The second kappa shape index (κ2) is 9.04. The van der Waals surface area contributed by atoms with E-state index in [2.05, 4.69) is 36.6 Å².